The van der Waals surface area contributed by atoms with Crippen LogP contribution < -0.4 is 10.6 Å². The van der Waals surface area contributed by atoms with Crippen LogP contribution in [0.2, 0.25) is 0 Å². The maximum atomic E-state index is 12.8. The monoisotopic (exact) mass is 358 g/mol. The lowest BCUT2D eigenvalue weighted by atomic mass is 9.95. The van der Waals surface area contributed by atoms with Gasteiger partial charge in [-0.25, -0.2) is 0 Å². The fourth-order valence-corrected chi connectivity index (χ4v) is 3.37. The third-order valence-electron chi connectivity index (χ3n) is 4.03. The highest BCUT2D eigenvalue weighted by Gasteiger charge is 2.26. The lowest BCUT2D eigenvalue weighted by Gasteiger charge is -2.21. The largest absolute Gasteiger partial charge is 0.361 e. The number of aromatic nitrogens is 1. The molecule has 1 heterocycles. The minimum absolute atomic E-state index is 0.0702. The van der Waals surface area contributed by atoms with Gasteiger partial charge in [0.15, 0.2) is 0 Å². The van der Waals surface area contributed by atoms with Crippen LogP contribution in [-0.4, -0.2) is 41.4 Å². The molecule has 0 aliphatic carbocycles. The number of nitrogens with zero attached hydrogens (tertiary/aromatic N) is 1. The molecule has 1 aromatic carbocycles. The first-order valence-corrected chi connectivity index (χ1v) is 9.51. The molecule has 25 heavy (non-hydrogen) atoms. The van der Waals surface area contributed by atoms with E-state index in [9.17, 15) is 9.59 Å². The second-order valence-electron chi connectivity index (χ2n) is 5.64. The van der Waals surface area contributed by atoms with E-state index >= 15 is 0 Å². The number of hydrogen-bond donors (Lipinski definition) is 3. The van der Waals surface area contributed by atoms with E-state index in [-0.39, 0.29) is 24.3 Å². The van der Waals surface area contributed by atoms with E-state index in [2.05, 4.69) is 15.6 Å². The predicted molar refractivity (Wildman–Crippen MR) is 100 cm³/mol. The number of hydrogen-bond acceptors (Lipinski definition) is 4. The third kappa shape index (κ3) is 4.54. The number of aromatic amines is 1. The Hall–Kier alpha value is -2.46. The maximum absolute atomic E-state index is 12.8. The third-order valence-corrected chi connectivity index (χ3v) is 4.70. The fourth-order valence-electron chi connectivity index (χ4n) is 2.80. The van der Waals surface area contributed by atoms with Gasteiger partial charge in [0.2, 0.25) is 11.8 Å². The number of thioether (sulfide) groups is 1. The summed E-state index contributed by atoms with van der Waals surface area (Å²) in [6, 6.07) is 9.05. The first kappa shape index (κ1) is 18.9. The Balaban J connectivity index is 2.17. The summed E-state index contributed by atoms with van der Waals surface area (Å²) in [7, 11) is 0. The molecule has 2 amide bonds. The molecule has 132 valence electrons. The number of rotatable bonds is 8. The van der Waals surface area contributed by atoms with E-state index in [1.807, 2.05) is 49.7 Å². The molecule has 2 rings (SSSR count). The number of carbonyl (C=O) groups excluding carboxylic acids is 2. The van der Waals surface area contributed by atoms with Gasteiger partial charge in [-0.2, -0.15) is 17.0 Å². The molecular formula is C18H22N4O2S. The van der Waals surface area contributed by atoms with Gasteiger partial charge in [0, 0.05) is 22.9 Å². The van der Waals surface area contributed by atoms with E-state index in [1.165, 1.54) is 11.8 Å². The van der Waals surface area contributed by atoms with Crippen molar-refractivity contribution in [1.29, 1.82) is 5.26 Å². The van der Waals surface area contributed by atoms with E-state index in [0.717, 1.165) is 16.5 Å². The van der Waals surface area contributed by atoms with Crippen LogP contribution >= 0.6 is 11.8 Å². The number of nitriles is 1. The topological polar surface area (TPSA) is 97.8 Å². The number of para-hydroxylation sites is 1. The summed E-state index contributed by atoms with van der Waals surface area (Å²) < 4.78 is 0. The van der Waals surface area contributed by atoms with Crippen molar-refractivity contribution in [3.63, 3.8) is 0 Å². The summed E-state index contributed by atoms with van der Waals surface area (Å²) in [5.41, 5.74) is 1.91. The zero-order valence-electron chi connectivity index (χ0n) is 14.3. The molecule has 2 aromatic rings. The second-order valence-corrected chi connectivity index (χ2v) is 6.55. The van der Waals surface area contributed by atoms with Crippen molar-refractivity contribution in [3.05, 3.63) is 36.0 Å². The Labute approximate surface area is 151 Å². The average Bonchev–Trinajstić information content (AvgIpc) is 3.04. The van der Waals surface area contributed by atoms with Crippen molar-refractivity contribution in [2.45, 2.75) is 25.3 Å². The summed E-state index contributed by atoms with van der Waals surface area (Å²) in [5.74, 6) is -0.409. The van der Waals surface area contributed by atoms with E-state index in [0.29, 0.717) is 12.2 Å². The normalized spacial score (nSPS) is 13.0. The van der Waals surface area contributed by atoms with Crippen LogP contribution in [0.3, 0.4) is 0 Å². The summed E-state index contributed by atoms with van der Waals surface area (Å²) in [4.78, 5) is 28.1. The first-order chi connectivity index (χ1) is 12.1. The Morgan fingerprint density at radius 2 is 2.08 bits per heavy atom. The molecule has 2 unspecified atom stereocenters. The first-order valence-electron chi connectivity index (χ1n) is 8.12. The van der Waals surface area contributed by atoms with Crippen LogP contribution in [0.5, 0.6) is 0 Å². The zero-order valence-corrected chi connectivity index (χ0v) is 15.2. The Kier molecular flexibility index (Phi) is 6.90. The average molecular weight is 358 g/mol. The minimum Gasteiger partial charge on any atom is -0.361 e. The number of fused-ring (bicyclic) bond motifs is 1. The molecule has 0 spiro atoms. The summed E-state index contributed by atoms with van der Waals surface area (Å²) in [6.45, 7) is 1.88. The minimum atomic E-state index is -0.657. The SMILES string of the molecule is CCC(C(=O)NC(CSC)C(=O)NCC#N)c1c[nH]c2ccccc12. The molecular weight excluding hydrogens is 336 g/mol. The molecule has 0 radical (unpaired) electrons. The van der Waals surface area contributed by atoms with Crippen LogP contribution in [0.4, 0.5) is 0 Å². The number of H-pyrrole nitrogens is 1. The molecule has 0 aliphatic rings. The van der Waals surface area contributed by atoms with Gasteiger partial charge >= 0.3 is 0 Å². The van der Waals surface area contributed by atoms with Crippen molar-refractivity contribution in [2.24, 2.45) is 0 Å². The van der Waals surface area contributed by atoms with Crippen molar-refractivity contribution in [1.82, 2.24) is 15.6 Å². The molecule has 3 N–H and O–H groups in total. The smallest absolute Gasteiger partial charge is 0.244 e. The van der Waals surface area contributed by atoms with Crippen LogP contribution in [0.15, 0.2) is 30.5 Å². The van der Waals surface area contributed by atoms with Gasteiger partial charge in [-0.05, 0) is 24.3 Å². The van der Waals surface area contributed by atoms with Crippen LogP contribution in [-0.2, 0) is 9.59 Å². The summed E-state index contributed by atoms with van der Waals surface area (Å²) in [5, 5.41) is 15.0. The van der Waals surface area contributed by atoms with Crippen molar-refractivity contribution < 1.29 is 9.59 Å². The molecule has 0 aliphatic heterocycles. The van der Waals surface area contributed by atoms with Gasteiger partial charge in [0.05, 0.1) is 12.0 Å². The van der Waals surface area contributed by atoms with Gasteiger partial charge in [0.25, 0.3) is 0 Å². The Morgan fingerprint density at radius 3 is 2.76 bits per heavy atom. The highest BCUT2D eigenvalue weighted by Crippen LogP contribution is 2.28. The highest BCUT2D eigenvalue weighted by molar-refractivity contribution is 7.98. The molecule has 0 saturated carbocycles. The molecule has 1 aromatic heterocycles. The van der Waals surface area contributed by atoms with Crippen molar-refractivity contribution in [2.75, 3.05) is 18.6 Å². The summed E-state index contributed by atoms with van der Waals surface area (Å²) >= 11 is 1.47. The molecule has 0 saturated heterocycles. The highest BCUT2D eigenvalue weighted by atomic mass is 32.2. The van der Waals surface area contributed by atoms with Crippen molar-refractivity contribution >= 4 is 34.5 Å². The van der Waals surface area contributed by atoms with Gasteiger partial charge in [-0.1, -0.05) is 25.1 Å². The molecule has 0 fully saturated rings. The van der Waals surface area contributed by atoms with Gasteiger partial charge < -0.3 is 15.6 Å². The molecule has 6 nitrogen and oxygen atoms in total. The number of amides is 2. The van der Waals surface area contributed by atoms with Gasteiger partial charge in [-0.3, -0.25) is 9.59 Å². The van der Waals surface area contributed by atoms with Gasteiger partial charge in [-0.15, -0.1) is 0 Å². The Bertz CT molecular complexity index is 781. The molecule has 2 atom stereocenters. The predicted octanol–water partition coefficient (Wildman–Crippen LogP) is 2.15. The number of nitrogens with one attached hydrogen (secondary N) is 3. The second kappa shape index (κ2) is 9.14. The lowest BCUT2D eigenvalue weighted by Crippen LogP contribution is -2.49. The van der Waals surface area contributed by atoms with Crippen LogP contribution in [0.25, 0.3) is 10.9 Å². The lowest BCUT2D eigenvalue weighted by molar-refractivity contribution is -0.129. The molecule has 7 heteroatoms. The van der Waals surface area contributed by atoms with Crippen LogP contribution in [0, 0.1) is 11.3 Å². The summed E-state index contributed by atoms with van der Waals surface area (Å²) in [6.07, 6.45) is 4.35. The Morgan fingerprint density at radius 1 is 1.32 bits per heavy atom. The number of carbonyl (C=O) groups is 2. The van der Waals surface area contributed by atoms with Crippen molar-refractivity contribution in [3.8, 4) is 6.07 Å². The van der Waals surface area contributed by atoms with E-state index in [1.54, 1.807) is 0 Å². The van der Waals surface area contributed by atoms with Gasteiger partial charge in [0.1, 0.15) is 12.6 Å². The van der Waals surface area contributed by atoms with Crippen LogP contribution in [0.1, 0.15) is 24.8 Å². The zero-order chi connectivity index (χ0) is 18.2. The molecule has 0 bridgehead atoms. The number of benzene rings is 1. The van der Waals surface area contributed by atoms with E-state index in [4.69, 9.17) is 5.26 Å². The quantitative estimate of drug-likeness (QED) is 0.630. The van der Waals surface area contributed by atoms with E-state index < -0.39 is 6.04 Å². The maximum Gasteiger partial charge on any atom is 0.244 e. The standard InChI is InChI=1S/C18H22N4O2S/c1-3-12(14-10-21-15-7-5-4-6-13(14)15)17(23)22-16(11-25-2)18(24)20-9-8-19/h4-7,10,12,16,21H,3,9,11H2,1-2H3,(H,20,24)(H,22,23). The fraction of sp³-hybridized carbons (Fsp3) is 0.389.